The zero-order valence-corrected chi connectivity index (χ0v) is 12.9. The SMILES string of the molecule is Cc1ccc(C)c(/C(=C/c2ccc(Br)cc2)C(=O)O)c1. The number of hydrogen-bond acceptors (Lipinski definition) is 1. The molecule has 0 spiro atoms. The van der Waals surface area contributed by atoms with Crippen LogP contribution >= 0.6 is 15.9 Å². The van der Waals surface area contributed by atoms with Gasteiger partial charge in [-0.1, -0.05) is 51.8 Å². The van der Waals surface area contributed by atoms with E-state index < -0.39 is 5.97 Å². The number of halogens is 1. The van der Waals surface area contributed by atoms with Gasteiger partial charge >= 0.3 is 5.97 Å². The van der Waals surface area contributed by atoms with Gasteiger partial charge in [-0.05, 0) is 48.7 Å². The summed E-state index contributed by atoms with van der Waals surface area (Å²) in [6, 6.07) is 13.4. The van der Waals surface area contributed by atoms with Crippen molar-refractivity contribution >= 4 is 33.5 Å². The van der Waals surface area contributed by atoms with Gasteiger partial charge in [0.15, 0.2) is 0 Å². The molecular weight excluding hydrogens is 316 g/mol. The monoisotopic (exact) mass is 330 g/mol. The Balaban J connectivity index is 2.54. The largest absolute Gasteiger partial charge is 0.478 e. The molecule has 0 unspecified atom stereocenters. The van der Waals surface area contributed by atoms with Crippen LogP contribution in [0.1, 0.15) is 22.3 Å². The van der Waals surface area contributed by atoms with Crippen LogP contribution < -0.4 is 0 Å². The van der Waals surface area contributed by atoms with Crippen molar-refractivity contribution in [3.63, 3.8) is 0 Å². The molecule has 0 saturated heterocycles. The molecule has 0 fully saturated rings. The van der Waals surface area contributed by atoms with Gasteiger partial charge in [0.05, 0.1) is 5.57 Å². The second-order valence-electron chi connectivity index (χ2n) is 4.73. The fourth-order valence-electron chi connectivity index (χ4n) is 2.01. The molecule has 0 saturated carbocycles. The molecule has 0 radical (unpaired) electrons. The molecule has 0 aliphatic rings. The lowest BCUT2D eigenvalue weighted by atomic mass is 9.96. The van der Waals surface area contributed by atoms with Gasteiger partial charge in [-0.2, -0.15) is 0 Å². The smallest absolute Gasteiger partial charge is 0.336 e. The van der Waals surface area contributed by atoms with E-state index in [0.717, 1.165) is 26.7 Å². The quantitative estimate of drug-likeness (QED) is 0.654. The Hall–Kier alpha value is -1.87. The van der Waals surface area contributed by atoms with Gasteiger partial charge in [-0.3, -0.25) is 0 Å². The van der Waals surface area contributed by atoms with E-state index in [-0.39, 0.29) is 0 Å². The highest BCUT2D eigenvalue weighted by Crippen LogP contribution is 2.24. The number of hydrogen-bond donors (Lipinski definition) is 1. The summed E-state index contributed by atoms with van der Waals surface area (Å²) in [4.78, 5) is 11.6. The van der Waals surface area contributed by atoms with Crippen molar-refractivity contribution in [2.75, 3.05) is 0 Å². The van der Waals surface area contributed by atoms with Gasteiger partial charge in [0, 0.05) is 4.47 Å². The van der Waals surface area contributed by atoms with Crippen LogP contribution in [-0.2, 0) is 4.79 Å². The number of aryl methyl sites for hydroxylation is 2. The van der Waals surface area contributed by atoms with E-state index in [2.05, 4.69) is 15.9 Å². The molecule has 0 atom stereocenters. The van der Waals surface area contributed by atoms with Crippen LogP contribution in [-0.4, -0.2) is 11.1 Å². The molecule has 2 aromatic rings. The van der Waals surface area contributed by atoms with Gasteiger partial charge in [-0.25, -0.2) is 4.79 Å². The van der Waals surface area contributed by atoms with Crippen molar-refractivity contribution < 1.29 is 9.90 Å². The first-order valence-electron chi connectivity index (χ1n) is 6.25. The standard InChI is InChI=1S/C17H15BrO2/c1-11-3-4-12(2)15(9-11)16(17(19)20)10-13-5-7-14(18)8-6-13/h3-10H,1-2H3,(H,19,20)/b16-10-. The predicted molar refractivity (Wildman–Crippen MR) is 85.6 cm³/mol. The molecule has 2 nitrogen and oxygen atoms in total. The van der Waals surface area contributed by atoms with Crippen LogP contribution in [0.5, 0.6) is 0 Å². The average molecular weight is 331 g/mol. The topological polar surface area (TPSA) is 37.3 Å². The average Bonchev–Trinajstić information content (AvgIpc) is 2.41. The number of carbonyl (C=O) groups is 1. The van der Waals surface area contributed by atoms with Gasteiger partial charge in [-0.15, -0.1) is 0 Å². The highest BCUT2D eigenvalue weighted by Gasteiger charge is 2.13. The highest BCUT2D eigenvalue weighted by molar-refractivity contribution is 9.10. The maximum absolute atomic E-state index is 11.6. The Morgan fingerprint density at radius 2 is 1.75 bits per heavy atom. The first-order chi connectivity index (χ1) is 9.47. The van der Waals surface area contributed by atoms with E-state index >= 15 is 0 Å². The molecule has 0 bridgehead atoms. The zero-order chi connectivity index (χ0) is 14.7. The summed E-state index contributed by atoms with van der Waals surface area (Å²) in [5, 5.41) is 9.48. The molecule has 2 aromatic carbocycles. The number of rotatable bonds is 3. The van der Waals surface area contributed by atoms with Crippen LogP contribution in [0.4, 0.5) is 0 Å². The number of carboxylic acid groups (broad SMARTS) is 1. The second-order valence-corrected chi connectivity index (χ2v) is 5.65. The minimum absolute atomic E-state index is 0.313. The van der Waals surface area contributed by atoms with Crippen LogP contribution in [0.15, 0.2) is 46.9 Å². The zero-order valence-electron chi connectivity index (χ0n) is 11.4. The molecule has 3 heteroatoms. The third-order valence-electron chi connectivity index (χ3n) is 3.09. The molecule has 20 heavy (non-hydrogen) atoms. The molecule has 102 valence electrons. The molecule has 2 rings (SSSR count). The van der Waals surface area contributed by atoms with Crippen molar-refractivity contribution in [1.29, 1.82) is 0 Å². The van der Waals surface area contributed by atoms with E-state index in [9.17, 15) is 9.90 Å². The number of carboxylic acids is 1. The minimum Gasteiger partial charge on any atom is -0.478 e. The lowest BCUT2D eigenvalue weighted by molar-refractivity contribution is -0.130. The van der Waals surface area contributed by atoms with Crippen molar-refractivity contribution in [1.82, 2.24) is 0 Å². The van der Waals surface area contributed by atoms with Crippen molar-refractivity contribution in [3.8, 4) is 0 Å². The van der Waals surface area contributed by atoms with Gasteiger partial charge < -0.3 is 5.11 Å². The Bertz CT molecular complexity index is 670. The molecular formula is C17H15BrO2. The summed E-state index contributed by atoms with van der Waals surface area (Å²) >= 11 is 3.37. The Labute approximate surface area is 126 Å². The number of aliphatic carboxylic acids is 1. The van der Waals surface area contributed by atoms with Gasteiger partial charge in [0.2, 0.25) is 0 Å². The van der Waals surface area contributed by atoms with E-state index in [1.807, 2.05) is 56.3 Å². The normalized spacial score (nSPS) is 11.4. The summed E-state index contributed by atoms with van der Waals surface area (Å²) in [5.74, 6) is -0.915. The summed E-state index contributed by atoms with van der Waals surface area (Å²) in [6.45, 7) is 3.88. The van der Waals surface area contributed by atoms with Crippen LogP contribution in [0.3, 0.4) is 0 Å². The predicted octanol–water partition coefficient (Wildman–Crippen LogP) is 4.69. The van der Waals surface area contributed by atoms with Gasteiger partial charge in [0.25, 0.3) is 0 Å². The third kappa shape index (κ3) is 3.36. The maximum atomic E-state index is 11.6. The Morgan fingerprint density at radius 1 is 1.10 bits per heavy atom. The van der Waals surface area contributed by atoms with E-state index in [1.54, 1.807) is 6.08 Å². The summed E-state index contributed by atoms with van der Waals surface area (Å²) < 4.78 is 0.971. The van der Waals surface area contributed by atoms with Crippen molar-refractivity contribution in [3.05, 3.63) is 69.2 Å². The second kappa shape index (κ2) is 6.06. The van der Waals surface area contributed by atoms with Crippen molar-refractivity contribution in [2.24, 2.45) is 0 Å². The van der Waals surface area contributed by atoms with E-state index in [0.29, 0.717) is 5.57 Å². The van der Waals surface area contributed by atoms with Crippen LogP contribution in [0.2, 0.25) is 0 Å². The summed E-state index contributed by atoms with van der Waals surface area (Å²) in [5.41, 5.74) is 3.95. The Morgan fingerprint density at radius 3 is 2.35 bits per heavy atom. The lowest BCUT2D eigenvalue weighted by Gasteiger charge is -2.08. The molecule has 0 amide bonds. The first kappa shape index (κ1) is 14.5. The summed E-state index contributed by atoms with van der Waals surface area (Å²) in [7, 11) is 0. The molecule has 0 aliphatic heterocycles. The lowest BCUT2D eigenvalue weighted by Crippen LogP contribution is -2.02. The molecule has 0 aliphatic carbocycles. The minimum atomic E-state index is -0.915. The summed E-state index contributed by atoms with van der Waals surface area (Å²) in [6.07, 6.45) is 1.70. The molecule has 1 N–H and O–H groups in total. The maximum Gasteiger partial charge on any atom is 0.336 e. The Kier molecular flexibility index (Phi) is 4.40. The van der Waals surface area contributed by atoms with Crippen molar-refractivity contribution in [2.45, 2.75) is 13.8 Å². The fourth-order valence-corrected chi connectivity index (χ4v) is 2.27. The van der Waals surface area contributed by atoms with Gasteiger partial charge in [0.1, 0.15) is 0 Å². The first-order valence-corrected chi connectivity index (χ1v) is 7.05. The number of benzene rings is 2. The third-order valence-corrected chi connectivity index (χ3v) is 3.62. The van der Waals surface area contributed by atoms with Crippen LogP contribution in [0.25, 0.3) is 11.6 Å². The van der Waals surface area contributed by atoms with Crippen LogP contribution in [0, 0.1) is 13.8 Å². The highest BCUT2D eigenvalue weighted by atomic mass is 79.9. The molecule has 0 aromatic heterocycles. The fraction of sp³-hybridized carbons (Fsp3) is 0.118. The van der Waals surface area contributed by atoms with E-state index in [1.165, 1.54) is 0 Å². The van der Waals surface area contributed by atoms with E-state index in [4.69, 9.17) is 0 Å². The molecule has 0 heterocycles.